The molecule has 0 aromatic heterocycles. The molecular weight excluding hydrogens is 498 g/mol. The van der Waals surface area contributed by atoms with Crippen LogP contribution in [-0.4, -0.2) is 32.7 Å². The molecule has 8 nitrogen and oxygen atoms in total. The third kappa shape index (κ3) is 8.10. The van der Waals surface area contributed by atoms with Crippen LogP contribution in [-0.2, 0) is 14.8 Å². The number of nitrogens with one attached hydrogen (secondary N) is 3. The van der Waals surface area contributed by atoms with Gasteiger partial charge in [0.05, 0.1) is 18.1 Å². The molecule has 10 heteroatoms. The zero-order valence-electron chi connectivity index (χ0n) is 19.9. The average Bonchev–Trinajstić information content (AvgIpc) is 2.85. The number of ether oxygens (including phenoxy) is 2. The minimum Gasteiger partial charge on any atom is -0.494 e. The normalized spacial score (nSPS) is 11.1. The number of carbonyl (C=O) groups excluding carboxylic acids is 1. The summed E-state index contributed by atoms with van der Waals surface area (Å²) in [5.41, 5.74) is 1.78. The predicted octanol–water partition coefficient (Wildman–Crippen LogP) is 4.81. The van der Waals surface area contributed by atoms with Gasteiger partial charge in [-0.1, -0.05) is 12.1 Å². The third-order valence-corrected chi connectivity index (χ3v) is 6.30. The smallest absolute Gasteiger partial charge is 0.261 e. The predicted molar refractivity (Wildman–Crippen MR) is 146 cm³/mol. The van der Waals surface area contributed by atoms with Gasteiger partial charge >= 0.3 is 0 Å². The second kappa shape index (κ2) is 12.7. The van der Waals surface area contributed by atoms with Crippen LogP contribution in [0.3, 0.4) is 0 Å². The van der Waals surface area contributed by atoms with Crippen LogP contribution < -0.4 is 24.8 Å². The Hall–Kier alpha value is -3.89. The van der Waals surface area contributed by atoms with Crippen LogP contribution in [0.4, 0.5) is 11.4 Å². The molecule has 3 aromatic carbocycles. The molecule has 0 unspecified atom stereocenters. The second-order valence-electron chi connectivity index (χ2n) is 7.37. The summed E-state index contributed by atoms with van der Waals surface area (Å²) in [5, 5.41) is 5.49. The maximum atomic E-state index is 12.7. The van der Waals surface area contributed by atoms with Crippen molar-refractivity contribution in [3.8, 4) is 11.5 Å². The van der Waals surface area contributed by atoms with Gasteiger partial charge in [0.25, 0.3) is 10.0 Å². The molecular formula is C26H27N3O5S2. The first-order valence-corrected chi connectivity index (χ1v) is 13.1. The first kappa shape index (κ1) is 26.7. The largest absolute Gasteiger partial charge is 0.494 e. The molecule has 3 rings (SSSR count). The Morgan fingerprint density at radius 1 is 0.833 bits per heavy atom. The van der Waals surface area contributed by atoms with Crippen LogP contribution in [0.25, 0.3) is 6.08 Å². The second-order valence-corrected chi connectivity index (χ2v) is 9.46. The standard InChI is InChI=1S/C26H27N3O5S2/c1-3-33-22-12-5-19(6-13-22)7-18-25(30)28-26(35)27-20-10-16-24(17-11-20)36(31,32)29-21-8-14-23(15-9-21)34-4-2/h5-18,29H,3-4H2,1-2H3,(H2,27,28,30,35)/b18-7+. The van der Waals surface area contributed by atoms with Gasteiger partial charge in [0.2, 0.25) is 5.91 Å². The zero-order chi connectivity index (χ0) is 26.0. The molecule has 3 N–H and O–H groups in total. The first-order chi connectivity index (χ1) is 17.3. The first-order valence-electron chi connectivity index (χ1n) is 11.2. The van der Waals surface area contributed by atoms with Crippen molar-refractivity contribution in [2.75, 3.05) is 23.3 Å². The molecule has 0 bridgehead atoms. The van der Waals surface area contributed by atoms with Gasteiger partial charge in [-0.3, -0.25) is 14.8 Å². The Balaban J connectivity index is 1.52. The summed E-state index contributed by atoms with van der Waals surface area (Å²) < 4.78 is 38.6. The average molecular weight is 526 g/mol. The van der Waals surface area contributed by atoms with Gasteiger partial charge in [0, 0.05) is 17.5 Å². The van der Waals surface area contributed by atoms with E-state index in [1.54, 1.807) is 42.5 Å². The molecule has 0 aliphatic heterocycles. The van der Waals surface area contributed by atoms with Crippen molar-refractivity contribution in [2.24, 2.45) is 0 Å². The summed E-state index contributed by atoms with van der Waals surface area (Å²) in [7, 11) is -3.78. The van der Waals surface area contributed by atoms with E-state index in [2.05, 4.69) is 15.4 Å². The van der Waals surface area contributed by atoms with Gasteiger partial charge in [0.15, 0.2) is 5.11 Å². The van der Waals surface area contributed by atoms with E-state index in [9.17, 15) is 13.2 Å². The highest BCUT2D eigenvalue weighted by Crippen LogP contribution is 2.21. The van der Waals surface area contributed by atoms with Crippen molar-refractivity contribution in [3.05, 3.63) is 84.4 Å². The Morgan fingerprint density at radius 2 is 1.36 bits per heavy atom. The summed E-state index contributed by atoms with van der Waals surface area (Å²) in [6, 6.07) is 20.0. The zero-order valence-corrected chi connectivity index (χ0v) is 21.5. The number of anilines is 2. The number of hydrogen-bond acceptors (Lipinski definition) is 6. The molecule has 1 amide bonds. The van der Waals surface area contributed by atoms with Crippen molar-refractivity contribution < 1.29 is 22.7 Å². The highest BCUT2D eigenvalue weighted by molar-refractivity contribution is 7.92. The number of carbonyl (C=O) groups is 1. The molecule has 0 saturated heterocycles. The molecule has 0 radical (unpaired) electrons. The summed E-state index contributed by atoms with van der Waals surface area (Å²) in [5.74, 6) is 1.01. The van der Waals surface area contributed by atoms with Gasteiger partial charge in [0.1, 0.15) is 11.5 Å². The van der Waals surface area contributed by atoms with Gasteiger partial charge in [-0.15, -0.1) is 0 Å². The van der Waals surface area contributed by atoms with Gasteiger partial charge in [-0.2, -0.15) is 0 Å². The van der Waals surface area contributed by atoms with Crippen molar-refractivity contribution in [3.63, 3.8) is 0 Å². The minimum absolute atomic E-state index is 0.0789. The lowest BCUT2D eigenvalue weighted by Crippen LogP contribution is -2.32. The van der Waals surface area contributed by atoms with Crippen LogP contribution in [0.15, 0.2) is 83.8 Å². The van der Waals surface area contributed by atoms with E-state index >= 15 is 0 Å². The maximum absolute atomic E-state index is 12.7. The fourth-order valence-corrected chi connectivity index (χ4v) is 4.32. The van der Waals surface area contributed by atoms with Crippen molar-refractivity contribution in [1.82, 2.24) is 5.32 Å². The van der Waals surface area contributed by atoms with E-state index in [1.807, 2.05) is 38.1 Å². The molecule has 0 saturated carbocycles. The van der Waals surface area contributed by atoms with E-state index in [0.717, 1.165) is 11.3 Å². The number of hydrogen-bond donors (Lipinski definition) is 3. The number of amides is 1. The topological polar surface area (TPSA) is 106 Å². The molecule has 188 valence electrons. The number of sulfonamides is 1. The molecule has 0 spiro atoms. The summed E-state index contributed by atoms with van der Waals surface area (Å²) >= 11 is 5.18. The highest BCUT2D eigenvalue weighted by Gasteiger charge is 2.14. The Labute approximate surface area is 216 Å². The van der Waals surface area contributed by atoms with Gasteiger partial charge in [-0.25, -0.2) is 8.42 Å². The molecule has 0 aliphatic carbocycles. The van der Waals surface area contributed by atoms with Crippen LogP contribution in [0.5, 0.6) is 11.5 Å². The van der Waals surface area contributed by atoms with E-state index in [1.165, 1.54) is 18.2 Å². The minimum atomic E-state index is -3.78. The van der Waals surface area contributed by atoms with Crippen LogP contribution in [0, 0.1) is 0 Å². The molecule has 0 aliphatic rings. The van der Waals surface area contributed by atoms with Gasteiger partial charge in [-0.05, 0) is 98.4 Å². The lowest BCUT2D eigenvalue weighted by Gasteiger charge is -2.11. The SMILES string of the molecule is CCOc1ccc(/C=C/C(=O)NC(=S)Nc2ccc(S(=O)(=O)Nc3ccc(OCC)cc3)cc2)cc1. The molecule has 0 atom stereocenters. The van der Waals surface area contributed by atoms with E-state index < -0.39 is 15.9 Å². The van der Waals surface area contributed by atoms with Crippen molar-refractivity contribution >= 4 is 50.7 Å². The number of thiocarbonyl (C=S) groups is 1. The lowest BCUT2D eigenvalue weighted by molar-refractivity contribution is -0.115. The summed E-state index contributed by atoms with van der Waals surface area (Å²) in [4.78, 5) is 12.2. The molecule has 36 heavy (non-hydrogen) atoms. The fourth-order valence-electron chi connectivity index (χ4n) is 3.05. The van der Waals surface area contributed by atoms with Crippen LogP contribution in [0.1, 0.15) is 19.4 Å². The maximum Gasteiger partial charge on any atom is 0.261 e. The molecule has 0 fully saturated rings. The van der Waals surface area contributed by atoms with Crippen molar-refractivity contribution in [1.29, 1.82) is 0 Å². The lowest BCUT2D eigenvalue weighted by atomic mass is 10.2. The van der Waals surface area contributed by atoms with Crippen LogP contribution in [0.2, 0.25) is 0 Å². The summed E-state index contributed by atoms with van der Waals surface area (Å²) in [6.07, 6.45) is 3.02. The summed E-state index contributed by atoms with van der Waals surface area (Å²) in [6.45, 7) is 4.89. The Bertz CT molecular complexity index is 1310. The Kier molecular flexibility index (Phi) is 9.43. The Morgan fingerprint density at radius 3 is 1.92 bits per heavy atom. The van der Waals surface area contributed by atoms with Gasteiger partial charge < -0.3 is 14.8 Å². The van der Waals surface area contributed by atoms with E-state index in [4.69, 9.17) is 21.7 Å². The molecule has 0 heterocycles. The third-order valence-electron chi connectivity index (χ3n) is 4.70. The van der Waals surface area contributed by atoms with Crippen molar-refractivity contribution in [2.45, 2.75) is 18.7 Å². The number of rotatable bonds is 10. The van der Waals surface area contributed by atoms with E-state index in [0.29, 0.717) is 30.3 Å². The van der Waals surface area contributed by atoms with Crippen LogP contribution >= 0.6 is 12.2 Å². The van der Waals surface area contributed by atoms with E-state index in [-0.39, 0.29) is 10.0 Å². The molecule has 3 aromatic rings. The highest BCUT2D eigenvalue weighted by atomic mass is 32.2. The number of benzene rings is 3. The quantitative estimate of drug-likeness (QED) is 0.258. The monoisotopic (exact) mass is 525 g/mol. The fraction of sp³-hybridized carbons (Fsp3) is 0.154.